The van der Waals surface area contributed by atoms with Gasteiger partial charge < -0.3 is 9.67 Å². The number of imidazole rings is 1. The number of carbonyl (C=O) groups is 1. The van der Waals surface area contributed by atoms with Gasteiger partial charge in [0.15, 0.2) is 5.69 Å². The average Bonchev–Trinajstić information content (AvgIpc) is 2.71. The maximum Gasteiger partial charge on any atom is 0.356 e. The summed E-state index contributed by atoms with van der Waals surface area (Å²) in [4.78, 5) is 14.6. The van der Waals surface area contributed by atoms with Crippen LogP contribution < -0.4 is 0 Å². The van der Waals surface area contributed by atoms with Crippen LogP contribution in [0, 0.1) is 24.1 Å². The van der Waals surface area contributed by atoms with Gasteiger partial charge in [-0.25, -0.2) is 14.2 Å². The van der Waals surface area contributed by atoms with Gasteiger partial charge in [0, 0.05) is 6.20 Å². The Morgan fingerprint density at radius 2 is 2.28 bits per heavy atom. The number of benzene rings is 1. The normalized spacial score (nSPS) is 10.1. The van der Waals surface area contributed by atoms with Crippen LogP contribution in [0.25, 0.3) is 5.69 Å². The summed E-state index contributed by atoms with van der Waals surface area (Å²) in [5.41, 5.74) is 0.204. The minimum atomic E-state index is -1.18. The second-order valence-electron chi connectivity index (χ2n) is 3.63. The highest BCUT2D eigenvalue weighted by molar-refractivity contribution is 5.85. The molecule has 0 bridgehead atoms. The summed E-state index contributed by atoms with van der Waals surface area (Å²) in [6.07, 6.45) is 1.24. The van der Waals surface area contributed by atoms with E-state index < -0.39 is 11.8 Å². The molecule has 0 saturated carbocycles. The summed E-state index contributed by atoms with van der Waals surface area (Å²) in [6, 6.07) is 5.79. The summed E-state index contributed by atoms with van der Waals surface area (Å²) in [6.45, 7) is 1.57. The summed E-state index contributed by atoms with van der Waals surface area (Å²) >= 11 is 0. The van der Waals surface area contributed by atoms with Gasteiger partial charge in [-0.2, -0.15) is 5.26 Å². The third-order valence-electron chi connectivity index (χ3n) is 2.44. The molecule has 1 N–H and O–H groups in total. The second-order valence-corrected chi connectivity index (χ2v) is 3.63. The Kier molecular flexibility index (Phi) is 2.81. The molecule has 0 atom stereocenters. The summed E-state index contributed by atoms with van der Waals surface area (Å²) in [5, 5.41) is 17.4. The number of aromatic nitrogens is 2. The zero-order valence-corrected chi connectivity index (χ0v) is 9.38. The van der Waals surface area contributed by atoms with E-state index in [0.29, 0.717) is 5.82 Å². The van der Waals surface area contributed by atoms with Crippen molar-refractivity contribution in [3.8, 4) is 11.8 Å². The topological polar surface area (TPSA) is 78.9 Å². The van der Waals surface area contributed by atoms with Crippen LogP contribution in [0.1, 0.15) is 21.9 Å². The van der Waals surface area contributed by atoms with Crippen molar-refractivity contribution in [1.29, 1.82) is 5.26 Å². The van der Waals surface area contributed by atoms with Crippen molar-refractivity contribution in [3.63, 3.8) is 0 Å². The van der Waals surface area contributed by atoms with Crippen LogP contribution >= 0.6 is 0 Å². The molecule has 0 aliphatic heterocycles. The van der Waals surface area contributed by atoms with E-state index in [-0.39, 0.29) is 16.9 Å². The molecule has 90 valence electrons. The number of halogens is 1. The molecule has 0 amide bonds. The molecule has 0 radical (unpaired) electrons. The number of hydrogen-bond donors (Lipinski definition) is 1. The van der Waals surface area contributed by atoms with Crippen molar-refractivity contribution in [3.05, 3.63) is 47.3 Å². The van der Waals surface area contributed by atoms with Gasteiger partial charge in [-0.3, -0.25) is 0 Å². The van der Waals surface area contributed by atoms with Crippen molar-refractivity contribution in [1.82, 2.24) is 9.55 Å². The first-order valence-electron chi connectivity index (χ1n) is 5.02. The van der Waals surface area contributed by atoms with Gasteiger partial charge >= 0.3 is 5.97 Å². The van der Waals surface area contributed by atoms with Gasteiger partial charge in [0.25, 0.3) is 0 Å². The molecular weight excluding hydrogens is 237 g/mol. The number of carboxylic acid groups (broad SMARTS) is 1. The van der Waals surface area contributed by atoms with Crippen molar-refractivity contribution >= 4 is 5.97 Å². The standard InChI is InChI=1S/C12H8FN3O2/c1-7-15-10(12(17)18)6-16(7)11-3-2-8(5-14)4-9(11)13/h2-4,6H,1H3,(H,17,18). The lowest BCUT2D eigenvalue weighted by molar-refractivity contribution is 0.0691. The number of aryl methyl sites for hydroxylation is 1. The summed E-state index contributed by atoms with van der Waals surface area (Å²) < 4.78 is 15.1. The van der Waals surface area contributed by atoms with Crippen LogP contribution in [0.3, 0.4) is 0 Å². The minimum absolute atomic E-state index is 0.156. The van der Waals surface area contributed by atoms with E-state index in [1.807, 2.05) is 6.07 Å². The highest BCUT2D eigenvalue weighted by Crippen LogP contribution is 2.17. The first-order valence-corrected chi connectivity index (χ1v) is 5.02. The SMILES string of the molecule is Cc1nc(C(=O)O)cn1-c1ccc(C#N)cc1F. The van der Waals surface area contributed by atoms with Gasteiger partial charge in [0.2, 0.25) is 0 Å². The van der Waals surface area contributed by atoms with Gasteiger partial charge in [0.05, 0.1) is 17.3 Å². The number of rotatable bonds is 2. The molecule has 1 heterocycles. The molecule has 1 aromatic carbocycles. The van der Waals surface area contributed by atoms with E-state index in [1.165, 1.54) is 22.9 Å². The Morgan fingerprint density at radius 1 is 1.56 bits per heavy atom. The molecule has 2 rings (SSSR count). The molecule has 5 nitrogen and oxygen atoms in total. The molecule has 6 heteroatoms. The van der Waals surface area contributed by atoms with Crippen molar-refractivity contribution in [2.24, 2.45) is 0 Å². The monoisotopic (exact) mass is 245 g/mol. The Morgan fingerprint density at radius 3 is 2.78 bits per heavy atom. The van der Waals surface area contributed by atoms with Crippen LogP contribution in [0.5, 0.6) is 0 Å². The maximum atomic E-state index is 13.8. The molecule has 0 fully saturated rings. The molecule has 0 aliphatic rings. The van der Waals surface area contributed by atoms with E-state index in [4.69, 9.17) is 10.4 Å². The highest BCUT2D eigenvalue weighted by atomic mass is 19.1. The third-order valence-corrected chi connectivity index (χ3v) is 2.44. The summed E-state index contributed by atoms with van der Waals surface area (Å²) in [5.74, 6) is -1.42. The van der Waals surface area contributed by atoms with Crippen LogP contribution in [-0.4, -0.2) is 20.6 Å². The van der Waals surface area contributed by atoms with Crippen LogP contribution in [0.4, 0.5) is 4.39 Å². The van der Waals surface area contributed by atoms with Gasteiger partial charge in [-0.1, -0.05) is 0 Å². The van der Waals surface area contributed by atoms with Gasteiger partial charge in [0.1, 0.15) is 11.6 Å². The molecule has 1 aromatic heterocycles. The maximum absolute atomic E-state index is 13.8. The number of hydrogen-bond acceptors (Lipinski definition) is 3. The van der Waals surface area contributed by atoms with Gasteiger partial charge in [-0.15, -0.1) is 0 Å². The van der Waals surface area contributed by atoms with E-state index in [2.05, 4.69) is 4.98 Å². The molecule has 0 unspecified atom stereocenters. The van der Waals surface area contributed by atoms with E-state index in [0.717, 1.165) is 6.07 Å². The highest BCUT2D eigenvalue weighted by Gasteiger charge is 2.14. The predicted molar refractivity (Wildman–Crippen MR) is 59.9 cm³/mol. The third kappa shape index (κ3) is 1.94. The van der Waals surface area contributed by atoms with E-state index in [9.17, 15) is 9.18 Å². The fourth-order valence-corrected chi connectivity index (χ4v) is 1.59. The molecule has 0 saturated heterocycles. The summed E-state index contributed by atoms with van der Waals surface area (Å²) in [7, 11) is 0. The van der Waals surface area contributed by atoms with Crippen molar-refractivity contribution in [2.45, 2.75) is 6.92 Å². The molecular formula is C12H8FN3O2. The Balaban J connectivity index is 2.56. The fourth-order valence-electron chi connectivity index (χ4n) is 1.59. The number of aromatic carboxylic acids is 1. The Bertz CT molecular complexity index is 670. The van der Waals surface area contributed by atoms with Crippen LogP contribution in [0.15, 0.2) is 24.4 Å². The fraction of sp³-hybridized carbons (Fsp3) is 0.0833. The predicted octanol–water partition coefficient (Wildman–Crippen LogP) is 1.89. The van der Waals surface area contributed by atoms with E-state index in [1.54, 1.807) is 6.92 Å². The Hall–Kier alpha value is -2.68. The zero-order valence-electron chi connectivity index (χ0n) is 9.38. The zero-order chi connectivity index (χ0) is 13.3. The van der Waals surface area contributed by atoms with Crippen LogP contribution in [0.2, 0.25) is 0 Å². The molecule has 0 spiro atoms. The van der Waals surface area contributed by atoms with E-state index >= 15 is 0 Å². The van der Waals surface area contributed by atoms with Crippen molar-refractivity contribution in [2.75, 3.05) is 0 Å². The smallest absolute Gasteiger partial charge is 0.356 e. The van der Waals surface area contributed by atoms with Crippen LogP contribution in [-0.2, 0) is 0 Å². The molecule has 18 heavy (non-hydrogen) atoms. The largest absolute Gasteiger partial charge is 0.476 e. The minimum Gasteiger partial charge on any atom is -0.476 e. The quantitative estimate of drug-likeness (QED) is 0.876. The first kappa shape index (κ1) is 11.8. The second kappa shape index (κ2) is 4.30. The first-order chi connectivity index (χ1) is 8.52. The Labute approximate surface area is 102 Å². The molecule has 2 aromatic rings. The number of carboxylic acids is 1. The number of nitrogens with zero attached hydrogens (tertiary/aromatic N) is 3. The molecule has 0 aliphatic carbocycles. The lowest BCUT2D eigenvalue weighted by Gasteiger charge is -2.05. The van der Waals surface area contributed by atoms with Gasteiger partial charge in [-0.05, 0) is 25.1 Å². The lowest BCUT2D eigenvalue weighted by Crippen LogP contribution is -1.99. The average molecular weight is 245 g/mol. The van der Waals surface area contributed by atoms with Crippen molar-refractivity contribution < 1.29 is 14.3 Å². The lowest BCUT2D eigenvalue weighted by atomic mass is 10.2. The number of nitriles is 1.